The van der Waals surface area contributed by atoms with Gasteiger partial charge in [0.05, 0.1) is 6.61 Å². The molecule has 18 heavy (non-hydrogen) atoms. The van der Waals surface area contributed by atoms with Crippen LogP contribution in [0, 0.1) is 5.92 Å². The smallest absolute Gasteiger partial charge is 0.331 e. The number of nitrogens with one attached hydrogen (secondary N) is 2. The maximum atomic E-state index is 11.9. The lowest BCUT2D eigenvalue weighted by Gasteiger charge is -2.26. The summed E-state index contributed by atoms with van der Waals surface area (Å²) in [6.45, 7) is 2.33. The number of piperidine rings is 1. The zero-order valence-electron chi connectivity index (χ0n) is 10.4. The second-order valence-corrected chi connectivity index (χ2v) is 5.14. The second-order valence-electron chi connectivity index (χ2n) is 5.14. The molecule has 6 nitrogen and oxygen atoms in total. The minimum absolute atomic E-state index is 0.0697. The molecule has 0 aromatic rings. The van der Waals surface area contributed by atoms with Gasteiger partial charge >= 0.3 is 5.97 Å². The van der Waals surface area contributed by atoms with Gasteiger partial charge in [-0.1, -0.05) is 0 Å². The molecule has 0 bridgehead atoms. The number of amides is 1. The minimum atomic E-state index is -1.20. The van der Waals surface area contributed by atoms with Crippen molar-refractivity contribution in [1.29, 1.82) is 0 Å². The van der Waals surface area contributed by atoms with Crippen LogP contribution < -0.4 is 10.6 Å². The predicted molar refractivity (Wildman–Crippen MR) is 64.2 cm³/mol. The molecule has 2 aliphatic heterocycles. The van der Waals surface area contributed by atoms with Crippen molar-refractivity contribution in [2.24, 2.45) is 5.92 Å². The molecule has 0 aromatic heterocycles. The highest BCUT2D eigenvalue weighted by atomic mass is 16.5. The molecule has 0 radical (unpaired) electrons. The van der Waals surface area contributed by atoms with Gasteiger partial charge in [0.1, 0.15) is 0 Å². The fourth-order valence-corrected chi connectivity index (χ4v) is 2.55. The lowest BCUT2D eigenvalue weighted by Crippen LogP contribution is -2.55. The van der Waals surface area contributed by atoms with Crippen molar-refractivity contribution >= 4 is 11.9 Å². The molecule has 0 saturated carbocycles. The summed E-state index contributed by atoms with van der Waals surface area (Å²) >= 11 is 0. The average Bonchev–Trinajstić information content (AvgIpc) is 2.80. The van der Waals surface area contributed by atoms with Crippen LogP contribution in [-0.4, -0.2) is 48.8 Å². The molecule has 2 rings (SSSR count). The van der Waals surface area contributed by atoms with Gasteiger partial charge in [-0.15, -0.1) is 0 Å². The molecule has 1 unspecified atom stereocenters. The van der Waals surface area contributed by atoms with Crippen LogP contribution in [-0.2, 0) is 14.3 Å². The summed E-state index contributed by atoms with van der Waals surface area (Å²) in [5.74, 6) is -0.812. The molecular weight excluding hydrogens is 236 g/mol. The first-order valence-corrected chi connectivity index (χ1v) is 6.45. The van der Waals surface area contributed by atoms with Crippen LogP contribution in [0.2, 0.25) is 0 Å². The quantitative estimate of drug-likeness (QED) is 0.645. The number of aliphatic carboxylic acids is 1. The van der Waals surface area contributed by atoms with E-state index in [2.05, 4.69) is 10.6 Å². The van der Waals surface area contributed by atoms with Crippen LogP contribution in [0.15, 0.2) is 0 Å². The molecule has 1 amide bonds. The van der Waals surface area contributed by atoms with E-state index < -0.39 is 11.5 Å². The molecule has 2 aliphatic rings. The van der Waals surface area contributed by atoms with Crippen LogP contribution in [0.3, 0.4) is 0 Å². The van der Waals surface area contributed by atoms with Gasteiger partial charge in [0.15, 0.2) is 5.54 Å². The van der Waals surface area contributed by atoms with Crippen LogP contribution in [0.25, 0.3) is 0 Å². The highest BCUT2D eigenvalue weighted by molar-refractivity contribution is 5.87. The summed E-state index contributed by atoms with van der Waals surface area (Å²) in [6.07, 6.45) is 2.71. The van der Waals surface area contributed by atoms with Crippen molar-refractivity contribution in [2.45, 2.75) is 31.2 Å². The normalized spacial score (nSPS) is 29.1. The van der Waals surface area contributed by atoms with E-state index in [1.807, 2.05) is 0 Å². The summed E-state index contributed by atoms with van der Waals surface area (Å²) in [7, 11) is 0. The summed E-state index contributed by atoms with van der Waals surface area (Å²) in [6, 6.07) is 0. The van der Waals surface area contributed by atoms with Gasteiger partial charge in [0.2, 0.25) is 5.91 Å². The van der Waals surface area contributed by atoms with Crippen molar-refractivity contribution < 1.29 is 19.4 Å². The monoisotopic (exact) mass is 256 g/mol. The Labute approximate surface area is 106 Å². The highest BCUT2D eigenvalue weighted by Crippen LogP contribution is 2.21. The number of ether oxygens (including phenoxy) is 1. The molecule has 0 aromatic carbocycles. The minimum Gasteiger partial charge on any atom is -0.479 e. The molecule has 2 fully saturated rings. The van der Waals surface area contributed by atoms with E-state index >= 15 is 0 Å². The molecule has 3 N–H and O–H groups in total. The van der Waals surface area contributed by atoms with Gasteiger partial charge in [0.25, 0.3) is 0 Å². The van der Waals surface area contributed by atoms with Gasteiger partial charge in [-0.3, -0.25) is 4.79 Å². The third-order valence-electron chi connectivity index (χ3n) is 3.74. The summed E-state index contributed by atoms with van der Waals surface area (Å²) < 4.78 is 5.11. The van der Waals surface area contributed by atoms with Crippen molar-refractivity contribution in [3.63, 3.8) is 0 Å². The van der Waals surface area contributed by atoms with Crippen LogP contribution in [0.1, 0.15) is 25.7 Å². The van der Waals surface area contributed by atoms with E-state index in [0.717, 1.165) is 25.9 Å². The van der Waals surface area contributed by atoms with E-state index in [1.54, 1.807) is 0 Å². The molecule has 0 aliphatic carbocycles. The predicted octanol–water partition coefficient (Wildman–Crippen LogP) is -0.264. The zero-order valence-corrected chi connectivity index (χ0v) is 10.4. The fraction of sp³-hybridized carbons (Fsp3) is 0.833. The SMILES string of the molecule is O=C(CC1CCNCC1)NC1(C(=O)O)CCOC1. The molecule has 0 spiro atoms. The fourth-order valence-electron chi connectivity index (χ4n) is 2.55. The number of carboxylic acids is 1. The third-order valence-corrected chi connectivity index (χ3v) is 3.74. The summed E-state index contributed by atoms with van der Waals surface area (Å²) in [5.41, 5.74) is -1.20. The maximum Gasteiger partial charge on any atom is 0.331 e. The molecule has 6 heteroatoms. The van der Waals surface area contributed by atoms with E-state index in [4.69, 9.17) is 4.74 Å². The summed E-state index contributed by atoms with van der Waals surface area (Å²) in [5, 5.41) is 15.1. The number of carbonyl (C=O) groups is 2. The zero-order chi connectivity index (χ0) is 13.0. The van der Waals surface area contributed by atoms with Crippen molar-refractivity contribution in [2.75, 3.05) is 26.3 Å². The molecule has 1 atom stereocenters. The number of hydrogen-bond acceptors (Lipinski definition) is 4. The first-order chi connectivity index (χ1) is 8.62. The van der Waals surface area contributed by atoms with Gasteiger partial charge in [-0.05, 0) is 31.8 Å². The standard InChI is InChI=1S/C12H20N2O4/c15-10(7-9-1-4-13-5-2-9)14-12(11(16)17)3-6-18-8-12/h9,13H,1-8H2,(H,14,15)(H,16,17). The Bertz CT molecular complexity index is 320. The number of carbonyl (C=O) groups excluding carboxylic acids is 1. The van der Waals surface area contributed by atoms with Gasteiger partial charge < -0.3 is 20.5 Å². The Morgan fingerprint density at radius 1 is 1.39 bits per heavy atom. The van der Waals surface area contributed by atoms with Crippen LogP contribution in [0.4, 0.5) is 0 Å². The Hall–Kier alpha value is -1.14. The van der Waals surface area contributed by atoms with Crippen LogP contribution in [0.5, 0.6) is 0 Å². The summed E-state index contributed by atoms with van der Waals surface area (Å²) in [4.78, 5) is 23.2. The number of rotatable bonds is 4. The van der Waals surface area contributed by atoms with E-state index in [0.29, 0.717) is 25.4 Å². The van der Waals surface area contributed by atoms with E-state index in [-0.39, 0.29) is 12.5 Å². The van der Waals surface area contributed by atoms with Crippen molar-refractivity contribution in [3.05, 3.63) is 0 Å². The molecular formula is C12H20N2O4. The third kappa shape index (κ3) is 3.00. The number of hydrogen-bond donors (Lipinski definition) is 3. The van der Waals surface area contributed by atoms with Gasteiger partial charge in [-0.25, -0.2) is 4.79 Å². The first kappa shape index (κ1) is 13.3. The first-order valence-electron chi connectivity index (χ1n) is 6.45. The number of carboxylic acid groups (broad SMARTS) is 1. The van der Waals surface area contributed by atoms with E-state index in [1.165, 1.54) is 0 Å². The van der Waals surface area contributed by atoms with Crippen molar-refractivity contribution in [3.8, 4) is 0 Å². The average molecular weight is 256 g/mol. The Kier molecular flexibility index (Phi) is 4.19. The molecule has 102 valence electrons. The van der Waals surface area contributed by atoms with Gasteiger partial charge in [0, 0.05) is 19.4 Å². The van der Waals surface area contributed by atoms with E-state index in [9.17, 15) is 14.7 Å². The molecule has 2 heterocycles. The lowest BCUT2D eigenvalue weighted by atomic mass is 9.93. The Morgan fingerprint density at radius 3 is 2.67 bits per heavy atom. The van der Waals surface area contributed by atoms with Crippen molar-refractivity contribution in [1.82, 2.24) is 10.6 Å². The second kappa shape index (κ2) is 5.67. The van der Waals surface area contributed by atoms with Gasteiger partial charge in [-0.2, -0.15) is 0 Å². The highest BCUT2D eigenvalue weighted by Gasteiger charge is 2.44. The Balaban J connectivity index is 1.87. The topological polar surface area (TPSA) is 87.7 Å². The molecule has 2 saturated heterocycles. The maximum absolute atomic E-state index is 11.9. The largest absolute Gasteiger partial charge is 0.479 e. The lowest BCUT2D eigenvalue weighted by molar-refractivity contribution is -0.147. The Morgan fingerprint density at radius 2 is 2.11 bits per heavy atom. The van der Waals surface area contributed by atoms with Crippen LogP contribution >= 0.6 is 0 Å².